The topological polar surface area (TPSA) is 67.2 Å². The number of hydrogen-bond donors (Lipinski definition) is 1. The minimum Gasteiger partial charge on any atom is -0.352 e. The van der Waals surface area contributed by atoms with E-state index in [9.17, 15) is 9.59 Å². The second-order valence-electron chi connectivity index (χ2n) is 6.91. The van der Waals surface area contributed by atoms with Gasteiger partial charge in [-0.2, -0.15) is 5.10 Å². The lowest BCUT2D eigenvalue weighted by molar-refractivity contribution is -0.122. The zero-order valence-corrected chi connectivity index (χ0v) is 16.4. The molecule has 2 amide bonds. The van der Waals surface area contributed by atoms with E-state index in [1.54, 1.807) is 0 Å². The largest absolute Gasteiger partial charge is 0.352 e. The number of nitrogens with zero attached hydrogens (tertiary/aromatic N) is 3. The minimum absolute atomic E-state index is 0.0382. The van der Waals surface area contributed by atoms with Gasteiger partial charge >= 0.3 is 0 Å². The second kappa shape index (κ2) is 8.03. The molecule has 3 rings (SSSR count). The normalized spacial score (nSPS) is 17.3. The molecule has 0 aromatic carbocycles. The SMILES string of the molecule is Cc1nn(C)c(C)c1CCC(=O)N[C@@H]1CCCN(C(=O)c2cccs2)C1. The van der Waals surface area contributed by atoms with Gasteiger partial charge in [-0.15, -0.1) is 11.3 Å². The third-order valence-corrected chi connectivity index (χ3v) is 5.92. The molecular formula is C19H26N4O2S. The summed E-state index contributed by atoms with van der Waals surface area (Å²) < 4.78 is 1.86. The monoisotopic (exact) mass is 374 g/mol. The molecule has 2 aromatic heterocycles. The molecule has 1 N–H and O–H groups in total. The van der Waals surface area contributed by atoms with Crippen LogP contribution < -0.4 is 5.32 Å². The number of hydrogen-bond acceptors (Lipinski definition) is 4. The maximum atomic E-state index is 12.5. The Morgan fingerprint density at radius 3 is 2.85 bits per heavy atom. The van der Waals surface area contributed by atoms with Crippen molar-refractivity contribution in [1.82, 2.24) is 20.0 Å². The van der Waals surface area contributed by atoms with Crippen molar-refractivity contribution >= 4 is 23.2 Å². The Kier molecular flexibility index (Phi) is 5.76. The molecule has 0 bridgehead atoms. The quantitative estimate of drug-likeness (QED) is 0.874. The highest BCUT2D eigenvalue weighted by Gasteiger charge is 2.26. The van der Waals surface area contributed by atoms with Gasteiger partial charge in [0.2, 0.25) is 5.91 Å². The van der Waals surface area contributed by atoms with Crippen molar-refractivity contribution in [2.75, 3.05) is 13.1 Å². The van der Waals surface area contributed by atoms with Crippen molar-refractivity contribution in [2.24, 2.45) is 7.05 Å². The molecule has 0 radical (unpaired) electrons. The Morgan fingerprint density at radius 2 is 2.19 bits per heavy atom. The predicted octanol–water partition coefficient (Wildman–Crippen LogP) is 2.45. The average molecular weight is 375 g/mol. The molecule has 0 unspecified atom stereocenters. The molecule has 1 aliphatic heterocycles. The van der Waals surface area contributed by atoms with E-state index in [-0.39, 0.29) is 17.9 Å². The van der Waals surface area contributed by atoms with Crippen LogP contribution in [0.2, 0.25) is 0 Å². The van der Waals surface area contributed by atoms with Gasteiger partial charge in [0.15, 0.2) is 0 Å². The van der Waals surface area contributed by atoms with Crippen LogP contribution in [0.5, 0.6) is 0 Å². The van der Waals surface area contributed by atoms with E-state index in [4.69, 9.17) is 0 Å². The molecule has 140 valence electrons. The van der Waals surface area contributed by atoms with Crippen LogP contribution in [0.15, 0.2) is 17.5 Å². The van der Waals surface area contributed by atoms with E-state index in [1.807, 2.05) is 48.0 Å². The number of likely N-dealkylation sites (tertiary alicyclic amines) is 1. The number of piperidine rings is 1. The summed E-state index contributed by atoms with van der Waals surface area (Å²) in [5.74, 6) is 0.114. The summed E-state index contributed by atoms with van der Waals surface area (Å²) in [5.41, 5.74) is 3.25. The van der Waals surface area contributed by atoms with E-state index >= 15 is 0 Å². The standard InChI is InChI=1S/C19H26N4O2S/c1-13-16(14(2)22(3)21-13)8-9-18(24)20-15-6-4-10-23(12-15)19(25)17-7-5-11-26-17/h5,7,11,15H,4,6,8-10,12H2,1-3H3,(H,20,24)/t15-/m1/s1. The van der Waals surface area contributed by atoms with Crippen LogP contribution >= 0.6 is 11.3 Å². The predicted molar refractivity (Wildman–Crippen MR) is 102 cm³/mol. The lowest BCUT2D eigenvalue weighted by atomic mass is 10.0. The first-order valence-electron chi connectivity index (χ1n) is 9.07. The first-order chi connectivity index (χ1) is 12.5. The highest BCUT2D eigenvalue weighted by molar-refractivity contribution is 7.12. The van der Waals surface area contributed by atoms with Gasteiger partial charge in [0.1, 0.15) is 0 Å². The lowest BCUT2D eigenvalue weighted by Gasteiger charge is -2.33. The number of amides is 2. The highest BCUT2D eigenvalue weighted by Crippen LogP contribution is 2.18. The molecule has 1 saturated heterocycles. The zero-order valence-electron chi connectivity index (χ0n) is 15.6. The van der Waals surface area contributed by atoms with Gasteiger partial charge in [-0.1, -0.05) is 6.07 Å². The van der Waals surface area contributed by atoms with Crippen molar-refractivity contribution in [1.29, 1.82) is 0 Å². The third-order valence-electron chi connectivity index (χ3n) is 5.07. The van der Waals surface area contributed by atoms with Gasteiger partial charge in [-0.25, -0.2) is 0 Å². The molecule has 6 nitrogen and oxygen atoms in total. The summed E-state index contributed by atoms with van der Waals surface area (Å²) in [7, 11) is 1.92. The second-order valence-corrected chi connectivity index (χ2v) is 7.86. The van der Waals surface area contributed by atoms with Crippen LogP contribution in [0.3, 0.4) is 0 Å². The summed E-state index contributed by atoms with van der Waals surface area (Å²) in [4.78, 5) is 27.5. The third kappa shape index (κ3) is 4.15. The number of carbonyl (C=O) groups is 2. The first kappa shape index (κ1) is 18.6. The Bertz CT molecular complexity index is 782. The van der Waals surface area contributed by atoms with Crippen LogP contribution in [0, 0.1) is 13.8 Å². The van der Waals surface area contributed by atoms with Crippen LogP contribution in [0.25, 0.3) is 0 Å². The summed E-state index contributed by atoms with van der Waals surface area (Å²) >= 11 is 1.46. The number of aryl methyl sites for hydroxylation is 2. The van der Waals surface area contributed by atoms with Gasteiger partial charge in [-0.05, 0) is 50.1 Å². The Morgan fingerprint density at radius 1 is 1.38 bits per heavy atom. The maximum absolute atomic E-state index is 12.5. The van der Waals surface area contributed by atoms with Crippen LogP contribution in [0.1, 0.15) is 45.9 Å². The van der Waals surface area contributed by atoms with Crippen LogP contribution in [-0.4, -0.2) is 45.6 Å². The molecule has 0 aliphatic carbocycles. The Balaban J connectivity index is 1.51. The molecule has 2 aromatic rings. The van der Waals surface area contributed by atoms with Crippen molar-refractivity contribution in [2.45, 2.75) is 45.6 Å². The summed E-state index contributed by atoms with van der Waals surface area (Å²) in [6.45, 7) is 5.36. The van der Waals surface area contributed by atoms with Gasteiger partial charge in [-0.3, -0.25) is 14.3 Å². The number of carbonyl (C=O) groups excluding carboxylic acids is 2. The number of aromatic nitrogens is 2. The average Bonchev–Trinajstić information content (AvgIpc) is 3.23. The molecular weight excluding hydrogens is 348 g/mol. The van der Waals surface area contributed by atoms with Gasteiger partial charge in [0, 0.05) is 38.3 Å². The van der Waals surface area contributed by atoms with Gasteiger partial charge in [0.25, 0.3) is 5.91 Å². The van der Waals surface area contributed by atoms with E-state index in [1.165, 1.54) is 11.3 Å². The van der Waals surface area contributed by atoms with Crippen LogP contribution in [0.4, 0.5) is 0 Å². The van der Waals surface area contributed by atoms with Gasteiger partial charge < -0.3 is 10.2 Å². The Labute approximate surface area is 158 Å². The molecule has 0 saturated carbocycles. The fourth-order valence-corrected chi connectivity index (χ4v) is 4.24. The summed E-state index contributed by atoms with van der Waals surface area (Å²) in [6.07, 6.45) is 2.98. The van der Waals surface area contributed by atoms with Crippen molar-refractivity contribution in [3.8, 4) is 0 Å². The fourth-order valence-electron chi connectivity index (χ4n) is 3.55. The van der Waals surface area contributed by atoms with Crippen molar-refractivity contribution < 1.29 is 9.59 Å². The van der Waals surface area contributed by atoms with Crippen molar-refractivity contribution in [3.05, 3.63) is 39.3 Å². The highest BCUT2D eigenvalue weighted by atomic mass is 32.1. The zero-order chi connectivity index (χ0) is 18.7. The maximum Gasteiger partial charge on any atom is 0.263 e. The van der Waals surface area contributed by atoms with E-state index in [0.717, 1.165) is 41.2 Å². The van der Waals surface area contributed by atoms with E-state index < -0.39 is 0 Å². The molecule has 1 aliphatic rings. The van der Waals surface area contributed by atoms with Gasteiger partial charge in [0.05, 0.1) is 10.6 Å². The van der Waals surface area contributed by atoms with Crippen LogP contribution in [-0.2, 0) is 18.3 Å². The first-order valence-corrected chi connectivity index (χ1v) is 9.95. The molecule has 0 spiro atoms. The number of thiophene rings is 1. The fraction of sp³-hybridized carbons (Fsp3) is 0.526. The Hall–Kier alpha value is -2.15. The smallest absolute Gasteiger partial charge is 0.263 e. The number of rotatable bonds is 5. The molecule has 1 atom stereocenters. The van der Waals surface area contributed by atoms with Crippen molar-refractivity contribution in [3.63, 3.8) is 0 Å². The minimum atomic E-state index is 0.0382. The molecule has 1 fully saturated rings. The lowest BCUT2D eigenvalue weighted by Crippen LogP contribution is -2.49. The number of nitrogens with one attached hydrogen (secondary N) is 1. The molecule has 3 heterocycles. The molecule has 7 heteroatoms. The molecule has 26 heavy (non-hydrogen) atoms. The summed E-state index contributed by atoms with van der Waals surface area (Å²) in [5, 5.41) is 9.42. The van der Waals surface area contributed by atoms with E-state index in [0.29, 0.717) is 19.4 Å². The summed E-state index contributed by atoms with van der Waals surface area (Å²) in [6, 6.07) is 3.79. The van der Waals surface area contributed by atoms with E-state index in [2.05, 4.69) is 10.4 Å².